The highest BCUT2D eigenvalue weighted by Gasteiger charge is 2.18. The Balaban J connectivity index is 1.57. The first-order valence-electron chi connectivity index (χ1n) is 7.94. The average Bonchev–Trinajstić information content (AvgIpc) is 3.03. The van der Waals surface area contributed by atoms with Crippen LogP contribution in [-0.4, -0.2) is 37.7 Å². The minimum absolute atomic E-state index is 0.121. The minimum atomic E-state index is -0.121. The number of hydrogen-bond acceptors (Lipinski definition) is 5. The number of fused-ring (bicyclic) bond motifs is 1. The zero-order chi connectivity index (χ0) is 16.2. The van der Waals surface area contributed by atoms with Gasteiger partial charge in [-0.1, -0.05) is 6.42 Å². The second-order valence-corrected chi connectivity index (χ2v) is 6.83. The van der Waals surface area contributed by atoms with Crippen LogP contribution in [0.5, 0.6) is 0 Å². The molecule has 8 heteroatoms. The van der Waals surface area contributed by atoms with Gasteiger partial charge in [-0.05, 0) is 19.8 Å². The maximum atomic E-state index is 12.2. The monoisotopic (exact) mass is 334 g/mol. The van der Waals surface area contributed by atoms with E-state index in [0.29, 0.717) is 13.1 Å². The summed E-state index contributed by atoms with van der Waals surface area (Å²) < 4.78 is 2.17. The molecule has 0 saturated carbocycles. The number of nitrogens with zero attached hydrogens (tertiary/aromatic N) is 5. The van der Waals surface area contributed by atoms with E-state index in [9.17, 15) is 4.79 Å². The van der Waals surface area contributed by atoms with Crippen LogP contribution in [-0.2, 0) is 26.1 Å². The van der Waals surface area contributed by atoms with Gasteiger partial charge in [0, 0.05) is 31.1 Å². The van der Waals surface area contributed by atoms with Crippen LogP contribution in [0.4, 0.5) is 4.79 Å². The number of rotatable bonds is 4. The van der Waals surface area contributed by atoms with E-state index in [1.807, 2.05) is 12.3 Å². The predicted molar refractivity (Wildman–Crippen MR) is 88.1 cm³/mol. The molecular weight excluding hydrogens is 312 g/mol. The minimum Gasteiger partial charge on any atom is -0.331 e. The molecule has 1 N–H and O–H groups in total. The Kier molecular flexibility index (Phi) is 4.90. The van der Waals surface area contributed by atoms with Crippen molar-refractivity contribution in [2.45, 2.75) is 52.2 Å². The van der Waals surface area contributed by atoms with E-state index in [1.165, 1.54) is 12.8 Å². The Morgan fingerprint density at radius 2 is 2.26 bits per heavy atom. The van der Waals surface area contributed by atoms with E-state index in [1.54, 1.807) is 23.3 Å². The van der Waals surface area contributed by atoms with Crippen LogP contribution in [0.1, 0.15) is 41.6 Å². The van der Waals surface area contributed by atoms with E-state index in [4.69, 9.17) is 0 Å². The van der Waals surface area contributed by atoms with Crippen LogP contribution in [0.3, 0.4) is 0 Å². The van der Waals surface area contributed by atoms with Crippen LogP contribution >= 0.6 is 11.3 Å². The van der Waals surface area contributed by atoms with Crippen LogP contribution in [0.2, 0.25) is 0 Å². The van der Waals surface area contributed by atoms with Crippen molar-refractivity contribution in [1.29, 1.82) is 0 Å². The largest absolute Gasteiger partial charge is 0.331 e. The molecule has 0 fully saturated rings. The molecule has 2 amide bonds. The molecule has 0 saturated heterocycles. The molecule has 0 atom stereocenters. The van der Waals surface area contributed by atoms with Gasteiger partial charge in [-0.3, -0.25) is 0 Å². The Morgan fingerprint density at radius 1 is 1.39 bits per heavy atom. The van der Waals surface area contributed by atoms with Gasteiger partial charge in [0.05, 0.1) is 13.1 Å². The molecule has 3 rings (SSSR count). The lowest BCUT2D eigenvalue weighted by Gasteiger charge is -2.17. The van der Waals surface area contributed by atoms with Crippen LogP contribution in [0.15, 0.2) is 5.38 Å². The molecule has 1 aliphatic heterocycles. The third-order valence-electron chi connectivity index (χ3n) is 3.97. The van der Waals surface area contributed by atoms with Crippen molar-refractivity contribution in [3.8, 4) is 0 Å². The van der Waals surface area contributed by atoms with Crippen molar-refractivity contribution in [3.05, 3.63) is 27.7 Å². The smallest absolute Gasteiger partial charge is 0.317 e. The SMILES string of the molecule is Cc1csc(CNC(=O)N(C)Cc2nnc3n2CCCCC3)n1. The number of aryl methyl sites for hydroxylation is 2. The maximum absolute atomic E-state index is 12.2. The molecular formula is C15H22N6OS. The lowest BCUT2D eigenvalue weighted by molar-refractivity contribution is 0.204. The zero-order valence-electron chi connectivity index (χ0n) is 13.6. The molecule has 0 aliphatic carbocycles. The zero-order valence-corrected chi connectivity index (χ0v) is 14.4. The van der Waals surface area contributed by atoms with Crippen molar-refractivity contribution in [2.24, 2.45) is 0 Å². The molecule has 0 aromatic carbocycles. The maximum Gasteiger partial charge on any atom is 0.317 e. The first-order chi connectivity index (χ1) is 11.1. The average molecular weight is 334 g/mol. The number of carbonyl (C=O) groups excluding carboxylic acids is 1. The Hall–Kier alpha value is -1.96. The molecule has 2 aromatic heterocycles. The molecule has 1 aliphatic rings. The summed E-state index contributed by atoms with van der Waals surface area (Å²) in [4.78, 5) is 18.2. The summed E-state index contributed by atoms with van der Waals surface area (Å²) in [7, 11) is 1.78. The van der Waals surface area contributed by atoms with Crippen LogP contribution in [0.25, 0.3) is 0 Å². The molecule has 124 valence electrons. The highest BCUT2D eigenvalue weighted by atomic mass is 32.1. The van der Waals surface area contributed by atoms with Gasteiger partial charge in [0.15, 0.2) is 5.82 Å². The predicted octanol–water partition coefficient (Wildman–Crippen LogP) is 2.11. The van der Waals surface area contributed by atoms with Crippen LogP contribution < -0.4 is 5.32 Å². The summed E-state index contributed by atoms with van der Waals surface area (Å²) in [5.41, 5.74) is 0.985. The summed E-state index contributed by atoms with van der Waals surface area (Å²) in [6.07, 6.45) is 4.53. The fraction of sp³-hybridized carbons (Fsp3) is 0.600. The number of carbonyl (C=O) groups is 1. The third kappa shape index (κ3) is 3.87. The molecule has 0 spiro atoms. The number of aromatic nitrogens is 4. The third-order valence-corrected chi connectivity index (χ3v) is 4.94. The van der Waals surface area contributed by atoms with Crippen molar-refractivity contribution in [2.75, 3.05) is 7.05 Å². The van der Waals surface area contributed by atoms with Crippen molar-refractivity contribution < 1.29 is 4.79 Å². The van der Waals surface area contributed by atoms with Gasteiger partial charge in [0.2, 0.25) is 0 Å². The Labute approximate surface area is 139 Å². The fourth-order valence-corrected chi connectivity index (χ4v) is 3.43. The number of nitrogens with one attached hydrogen (secondary N) is 1. The van der Waals surface area contributed by atoms with Gasteiger partial charge in [-0.15, -0.1) is 21.5 Å². The highest BCUT2D eigenvalue weighted by Crippen LogP contribution is 2.15. The van der Waals surface area contributed by atoms with E-state index in [-0.39, 0.29) is 6.03 Å². The standard InChI is InChI=1S/C15H22N6OS/c1-11-10-23-14(17-11)8-16-15(22)20(2)9-13-19-18-12-6-4-3-5-7-21(12)13/h10H,3-9H2,1-2H3,(H,16,22). The summed E-state index contributed by atoms with van der Waals surface area (Å²) in [5, 5.41) is 14.3. The van der Waals surface area contributed by atoms with Crippen LogP contribution in [0, 0.1) is 6.92 Å². The first-order valence-corrected chi connectivity index (χ1v) is 8.82. The molecule has 0 bridgehead atoms. The lowest BCUT2D eigenvalue weighted by atomic mass is 10.2. The first kappa shape index (κ1) is 15.9. The number of amides is 2. The van der Waals surface area contributed by atoms with E-state index >= 15 is 0 Å². The molecule has 7 nitrogen and oxygen atoms in total. The molecule has 0 radical (unpaired) electrons. The quantitative estimate of drug-likeness (QED) is 0.929. The molecule has 23 heavy (non-hydrogen) atoms. The summed E-state index contributed by atoms with van der Waals surface area (Å²) in [6.45, 7) is 3.83. The summed E-state index contributed by atoms with van der Waals surface area (Å²) in [6, 6.07) is -0.121. The van der Waals surface area contributed by atoms with Crippen molar-refractivity contribution in [3.63, 3.8) is 0 Å². The van der Waals surface area contributed by atoms with Gasteiger partial charge in [0.1, 0.15) is 10.8 Å². The van der Waals surface area contributed by atoms with E-state index in [2.05, 4.69) is 25.1 Å². The van der Waals surface area contributed by atoms with E-state index < -0.39 is 0 Å². The number of urea groups is 1. The van der Waals surface area contributed by atoms with Gasteiger partial charge in [0.25, 0.3) is 0 Å². The Bertz CT molecular complexity index is 679. The normalized spacial score (nSPS) is 14.2. The topological polar surface area (TPSA) is 75.9 Å². The van der Waals surface area contributed by atoms with Gasteiger partial charge >= 0.3 is 6.03 Å². The molecule has 3 heterocycles. The van der Waals surface area contributed by atoms with Gasteiger partial charge in [-0.2, -0.15) is 0 Å². The Morgan fingerprint density at radius 3 is 3.04 bits per heavy atom. The molecule has 2 aromatic rings. The van der Waals surface area contributed by atoms with Gasteiger partial charge < -0.3 is 14.8 Å². The summed E-state index contributed by atoms with van der Waals surface area (Å²) in [5.74, 6) is 1.91. The lowest BCUT2D eigenvalue weighted by Crippen LogP contribution is -2.37. The fourth-order valence-electron chi connectivity index (χ4n) is 2.72. The second-order valence-electron chi connectivity index (χ2n) is 5.89. The number of hydrogen-bond donors (Lipinski definition) is 1. The van der Waals surface area contributed by atoms with Crippen molar-refractivity contribution in [1.82, 2.24) is 30.0 Å². The highest BCUT2D eigenvalue weighted by molar-refractivity contribution is 7.09. The number of thiazole rings is 1. The van der Waals surface area contributed by atoms with E-state index in [0.717, 1.165) is 41.7 Å². The van der Waals surface area contributed by atoms with Crippen molar-refractivity contribution >= 4 is 17.4 Å². The second kappa shape index (κ2) is 7.08. The van der Waals surface area contributed by atoms with Gasteiger partial charge in [-0.25, -0.2) is 9.78 Å². The molecule has 0 unspecified atom stereocenters. The summed E-state index contributed by atoms with van der Waals surface area (Å²) >= 11 is 1.56.